The van der Waals surface area contributed by atoms with E-state index in [2.05, 4.69) is 23.6 Å². The van der Waals surface area contributed by atoms with Crippen LogP contribution in [0.5, 0.6) is 0 Å². The third-order valence-electron chi connectivity index (χ3n) is 4.23. The van der Waals surface area contributed by atoms with Crippen LogP contribution in [0.25, 0.3) is 0 Å². The lowest BCUT2D eigenvalue weighted by Gasteiger charge is -2.19. The van der Waals surface area contributed by atoms with Gasteiger partial charge in [-0.15, -0.1) is 13.2 Å². The van der Waals surface area contributed by atoms with E-state index in [1.807, 2.05) is 20.8 Å². The molecule has 0 bridgehead atoms. The molecule has 0 aliphatic carbocycles. The van der Waals surface area contributed by atoms with Gasteiger partial charge in [0.15, 0.2) is 0 Å². The molecule has 0 saturated heterocycles. The fourth-order valence-electron chi connectivity index (χ4n) is 2.71. The molecule has 0 atom stereocenters. The zero-order chi connectivity index (χ0) is 20.9. The lowest BCUT2D eigenvalue weighted by Crippen LogP contribution is -2.31. The van der Waals surface area contributed by atoms with Gasteiger partial charge in [-0.3, -0.25) is 14.3 Å². The van der Waals surface area contributed by atoms with E-state index in [1.165, 1.54) is 0 Å². The maximum atomic E-state index is 12.7. The topological polar surface area (TPSA) is 67.2 Å². The number of benzene rings is 1. The van der Waals surface area contributed by atoms with Crippen LogP contribution in [0.15, 0.2) is 55.6 Å². The second kappa shape index (κ2) is 8.69. The molecular weight excluding hydrogens is 352 g/mol. The third-order valence-corrected chi connectivity index (χ3v) is 4.23. The van der Waals surface area contributed by atoms with E-state index in [0.29, 0.717) is 30.0 Å². The van der Waals surface area contributed by atoms with Gasteiger partial charge >= 0.3 is 0 Å². The van der Waals surface area contributed by atoms with Gasteiger partial charge in [-0.25, -0.2) is 0 Å². The van der Waals surface area contributed by atoms with E-state index in [0.717, 1.165) is 5.69 Å². The Kier molecular flexibility index (Phi) is 6.57. The van der Waals surface area contributed by atoms with E-state index in [4.69, 9.17) is 0 Å². The maximum absolute atomic E-state index is 12.7. The number of nitrogens with zero attached hydrogens (tertiary/aromatic N) is 3. The number of anilines is 1. The second-order valence-electron chi connectivity index (χ2n) is 7.61. The van der Waals surface area contributed by atoms with E-state index in [1.54, 1.807) is 59.1 Å². The van der Waals surface area contributed by atoms with Crippen molar-refractivity contribution in [2.75, 3.05) is 18.4 Å². The lowest BCUT2D eigenvalue weighted by molar-refractivity contribution is 0.0790. The van der Waals surface area contributed by atoms with Crippen LogP contribution in [-0.4, -0.2) is 39.6 Å². The van der Waals surface area contributed by atoms with E-state index >= 15 is 0 Å². The van der Waals surface area contributed by atoms with Crippen molar-refractivity contribution in [3.63, 3.8) is 0 Å². The van der Waals surface area contributed by atoms with Crippen molar-refractivity contribution in [1.82, 2.24) is 14.7 Å². The molecule has 0 spiro atoms. The first-order valence-corrected chi connectivity index (χ1v) is 9.14. The minimum absolute atomic E-state index is 0.147. The summed E-state index contributed by atoms with van der Waals surface area (Å²) in [4.78, 5) is 27.0. The van der Waals surface area contributed by atoms with Crippen molar-refractivity contribution < 1.29 is 9.59 Å². The van der Waals surface area contributed by atoms with Crippen LogP contribution in [0.4, 0.5) is 5.69 Å². The van der Waals surface area contributed by atoms with Crippen molar-refractivity contribution in [3.8, 4) is 0 Å². The highest BCUT2D eigenvalue weighted by Gasteiger charge is 2.22. The Morgan fingerprint density at radius 3 is 2.36 bits per heavy atom. The van der Waals surface area contributed by atoms with Crippen LogP contribution in [0.3, 0.4) is 0 Å². The molecular formula is C22H28N4O2. The molecule has 0 fully saturated rings. The summed E-state index contributed by atoms with van der Waals surface area (Å²) in [6, 6.07) is 8.67. The molecule has 148 valence electrons. The van der Waals surface area contributed by atoms with Crippen LogP contribution >= 0.6 is 0 Å². The van der Waals surface area contributed by atoms with Gasteiger partial charge in [-0.1, -0.05) is 39.0 Å². The van der Waals surface area contributed by atoms with Gasteiger partial charge in [0.2, 0.25) is 0 Å². The molecule has 0 aliphatic rings. The standard InChI is InChI=1S/C22H28N4O2/c1-7-12-26(13-8-2)21(28)16-10-9-11-17(14-16)23-20(27)18-15-19(22(3,4)5)24-25(18)6/h7-11,14-15H,1-2,12-13H2,3-6H3,(H,23,27). The van der Waals surface area contributed by atoms with Gasteiger partial charge in [0, 0.05) is 36.8 Å². The summed E-state index contributed by atoms with van der Waals surface area (Å²) in [5.74, 6) is -0.421. The van der Waals surface area contributed by atoms with Crippen LogP contribution in [0.2, 0.25) is 0 Å². The Morgan fingerprint density at radius 1 is 1.18 bits per heavy atom. The minimum Gasteiger partial charge on any atom is -0.331 e. The molecule has 0 saturated carbocycles. The zero-order valence-electron chi connectivity index (χ0n) is 17.0. The Hall–Kier alpha value is -3.15. The van der Waals surface area contributed by atoms with Gasteiger partial charge in [0.1, 0.15) is 5.69 Å². The molecule has 2 rings (SSSR count). The largest absolute Gasteiger partial charge is 0.331 e. The summed E-state index contributed by atoms with van der Waals surface area (Å²) in [6.07, 6.45) is 3.34. The monoisotopic (exact) mass is 380 g/mol. The second-order valence-corrected chi connectivity index (χ2v) is 7.61. The minimum atomic E-state index is -0.274. The molecule has 0 aliphatic heterocycles. The molecule has 1 aromatic heterocycles. The smallest absolute Gasteiger partial charge is 0.273 e. The number of nitrogens with one attached hydrogen (secondary N) is 1. The van der Waals surface area contributed by atoms with Gasteiger partial charge in [0.05, 0.1) is 5.69 Å². The fourth-order valence-corrected chi connectivity index (χ4v) is 2.71. The van der Waals surface area contributed by atoms with E-state index in [9.17, 15) is 9.59 Å². The highest BCUT2D eigenvalue weighted by molar-refractivity contribution is 6.04. The first-order chi connectivity index (χ1) is 13.2. The number of hydrogen-bond acceptors (Lipinski definition) is 3. The van der Waals surface area contributed by atoms with Crippen LogP contribution < -0.4 is 5.32 Å². The van der Waals surface area contributed by atoms with Crippen molar-refractivity contribution in [2.45, 2.75) is 26.2 Å². The summed E-state index contributed by atoms with van der Waals surface area (Å²) >= 11 is 0. The molecule has 0 unspecified atom stereocenters. The number of aryl methyl sites for hydroxylation is 1. The molecule has 6 heteroatoms. The van der Waals surface area contributed by atoms with Crippen molar-refractivity contribution in [2.24, 2.45) is 7.05 Å². The molecule has 1 aromatic carbocycles. The average Bonchev–Trinajstić information content (AvgIpc) is 3.03. The number of amides is 2. The van der Waals surface area contributed by atoms with Crippen molar-refractivity contribution in [1.29, 1.82) is 0 Å². The third kappa shape index (κ3) is 4.97. The molecule has 2 aromatic rings. The Labute approximate surface area is 166 Å². The summed E-state index contributed by atoms with van der Waals surface area (Å²) in [5.41, 5.74) is 2.19. The Morgan fingerprint density at radius 2 is 1.82 bits per heavy atom. The summed E-state index contributed by atoms with van der Waals surface area (Å²) in [7, 11) is 1.74. The number of aromatic nitrogens is 2. The molecule has 0 radical (unpaired) electrons. The van der Waals surface area contributed by atoms with E-state index < -0.39 is 0 Å². The van der Waals surface area contributed by atoms with Crippen molar-refractivity contribution >= 4 is 17.5 Å². The number of carbonyl (C=O) groups is 2. The Bertz CT molecular complexity index is 880. The molecule has 6 nitrogen and oxygen atoms in total. The van der Waals surface area contributed by atoms with Gasteiger partial charge in [-0.05, 0) is 24.3 Å². The van der Waals surface area contributed by atoms with Gasteiger partial charge < -0.3 is 10.2 Å². The first kappa shape index (κ1) is 21.2. The molecule has 28 heavy (non-hydrogen) atoms. The predicted octanol–water partition coefficient (Wildman–Crippen LogP) is 3.78. The Balaban J connectivity index is 2.22. The van der Waals surface area contributed by atoms with E-state index in [-0.39, 0.29) is 17.2 Å². The van der Waals surface area contributed by atoms with Crippen LogP contribution in [-0.2, 0) is 12.5 Å². The van der Waals surface area contributed by atoms with Crippen LogP contribution in [0, 0.1) is 0 Å². The first-order valence-electron chi connectivity index (χ1n) is 9.14. The number of carbonyl (C=O) groups excluding carboxylic acids is 2. The van der Waals surface area contributed by atoms with Crippen LogP contribution in [0.1, 0.15) is 47.3 Å². The molecule has 2 amide bonds. The molecule has 1 N–H and O–H groups in total. The summed E-state index contributed by atoms with van der Waals surface area (Å²) < 4.78 is 1.57. The van der Waals surface area contributed by atoms with Crippen molar-refractivity contribution in [3.05, 3.63) is 72.6 Å². The number of hydrogen-bond donors (Lipinski definition) is 1. The quantitative estimate of drug-likeness (QED) is 0.743. The normalized spacial score (nSPS) is 11.0. The predicted molar refractivity (Wildman–Crippen MR) is 113 cm³/mol. The summed E-state index contributed by atoms with van der Waals surface area (Å²) in [5, 5.41) is 7.28. The SMILES string of the molecule is C=CCN(CC=C)C(=O)c1cccc(NC(=O)c2cc(C(C)(C)C)nn2C)c1. The maximum Gasteiger partial charge on any atom is 0.273 e. The molecule has 1 heterocycles. The highest BCUT2D eigenvalue weighted by Crippen LogP contribution is 2.22. The van der Waals surface area contributed by atoms with Gasteiger partial charge in [-0.2, -0.15) is 5.10 Å². The highest BCUT2D eigenvalue weighted by atomic mass is 16.2. The number of rotatable bonds is 7. The average molecular weight is 380 g/mol. The summed E-state index contributed by atoms with van der Waals surface area (Å²) in [6.45, 7) is 14.3. The zero-order valence-corrected chi connectivity index (χ0v) is 17.0. The fraction of sp³-hybridized carbons (Fsp3) is 0.318. The lowest BCUT2D eigenvalue weighted by atomic mass is 9.92. The van der Waals surface area contributed by atoms with Gasteiger partial charge in [0.25, 0.3) is 11.8 Å².